The van der Waals surface area contributed by atoms with E-state index in [-0.39, 0.29) is 10.7 Å². The van der Waals surface area contributed by atoms with Gasteiger partial charge in [0.05, 0.1) is 11.4 Å². The Morgan fingerprint density at radius 2 is 1.95 bits per heavy atom. The van der Waals surface area contributed by atoms with Crippen LogP contribution >= 0.6 is 0 Å². The first-order chi connectivity index (χ1) is 8.90. The van der Waals surface area contributed by atoms with Crippen molar-refractivity contribution in [1.82, 2.24) is 9.97 Å². The largest absolute Gasteiger partial charge is 0.383 e. The maximum Gasteiger partial charge on any atom is 0.265 e. The molecule has 2 rings (SSSR count). The molecule has 0 saturated carbocycles. The number of aryl methyl sites for hydroxylation is 2. The molecule has 2 aromatic rings. The average Bonchev–Trinajstić information content (AvgIpc) is 2.33. The van der Waals surface area contributed by atoms with Gasteiger partial charge >= 0.3 is 0 Å². The molecule has 19 heavy (non-hydrogen) atoms. The summed E-state index contributed by atoms with van der Waals surface area (Å²) in [6, 6.07) is 6.33. The zero-order valence-corrected chi connectivity index (χ0v) is 11.4. The third-order valence-electron chi connectivity index (χ3n) is 2.56. The van der Waals surface area contributed by atoms with E-state index in [0.717, 1.165) is 5.69 Å². The molecule has 0 bridgehead atoms. The summed E-state index contributed by atoms with van der Waals surface area (Å²) >= 11 is 0. The molecule has 0 unspecified atom stereocenters. The number of pyridine rings is 2. The van der Waals surface area contributed by atoms with Gasteiger partial charge in [-0.25, -0.2) is 13.4 Å². The van der Waals surface area contributed by atoms with Gasteiger partial charge in [-0.15, -0.1) is 0 Å². The van der Waals surface area contributed by atoms with E-state index < -0.39 is 10.0 Å². The van der Waals surface area contributed by atoms with Crippen molar-refractivity contribution in [2.45, 2.75) is 18.7 Å². The Bertz CT molecular complexity index is 713. The monoisotopic (exact) mass is 278 g/mol. The Balaban J connectivity index is 2.40. The van der Waals surface area contributed by atoms with Crippen molar-refractivity contribution in [2.24, 2.45) is 0 Å². The number of aromatic nitrogens is 2. The molecule has 0 aromatic carbocycles. The lowest BCUT2D eigenvalue weighted by Gasteiger charge is -2.11. The van der Waals surface area contributed by atoms with Crippen LogP contribution in [0.3, 0.4) is 0 Å². The molecule has 6 nitrogen and oxygen atoms in total. The number of nitrogens with one attached hydrogen (secondary N) is 1. The molecule has 0 saturated heterocycles. The van der Waals surface area contributed by atoms with Crippen LogP contribution in [0.25, 0.3) is 0 Å². The van der Waals surface area contributed by atoms with Crippen LogP contribution in [0.1, 0.15) is 11.4 Å². The Morgan fingerprint density at radius 3 is 2.58 bits per heavy atom. The van der Waals surface area contributed by atoms with Crippen LogP contribution in [0.4, 0.5) is 11.5 Å². The minimum atomic E-state index is -3.76. The predicted octanol–water partition coefficient (Wildman–Crippen LogP) is 1.48. The van der Waals surface area contributed by atoms with E-state index in [0.29, 0.717) is 11.4 Å². The summed E-state index contributed by atoms with van der Waals surface area (Å²) in [7, 11) is -3.76. The fourth-order valence-electron chi connectivity index (χ4n) is 1.62. The molecular weight excluding hydrogens is 264 g/mol. The molecule has 2 heterocycles. The SMILES string of the molecule is Cc1ccc(NS(=O)(=O)c2cccnc2N)c(C)n1. The summed E-state index contributed by atoms with van der Waals surface area (Å²) in [5.41, 5.74) is 7.42. The van der Waals surface area contributed by atoms with Gasteiger partial charge in [0.15, 0.2) is 0 Å². The summed E-state index contributed by atoms with van der Waals surface area (Å²) in [4.78, 5) is 7.92. The Hall–Kier alpha value is -2.15. The third-order valence-corrected chi connectivity index (χ3v) is 3.97. The number of hydrogen-bond acceptors (Lipinski definition) is 5. The number of sulfonamides is 1. The second kappa shape index (κ2) is 4.85. The highest BCUT2D eigenvalue weighted by Crippen LogP contribution is 2.21. The van der Waals surface area contributed by atoms with Crippen LogP contribution in [-0.2, 0) is 10.0 Å². The number of nitrogens with zero attached hydrogens (tertiary/aromatic N) is 2. The summed E-state index contributed by atoms with van der Waals surface area (Å²) in [6.45, 7) is 3.57. The fourth-order valence-corrected chi connectivity index (χ4v) is 2.83. The van der Waals surface area contributed by atoms with E-state index in [1.807, 2.05) is 6.92 Å². The highest BCUT2D eigenvalue weighted by Gasteiger charge is 2.18. The summed E-state index contributed by atoms with van der Waals surface area (Å²) in [5.74, 6) is -0.0345. The Morgan fingerprint density at radius 1 is 1.21 bits per heavy atom. The predicted molar refractivity (Wildman–Crippen MR) is 73.2 cm³/mol. The number of hydrogen-bond donors (Lipinski definition) is 2. The number of anilines is 2. The van der Waals surface area contributed by atoms with Crippen molar-refractivity contribution in [2.75, 3.05) is 10.5 Å². The van der Waals surface area contributed by atoms with Crippen LogP contribution in [-0.4, -0.2) is 18.4 Å². The topological polar surface area (TPSA) is 98.0 Å². The zero-order valence-electron chi connectivity index (χ0n) is 10.6. The van der Waals surface area contributed by atoms with Crippen molar-refractivity contribution >= 4 is 21.5 Å². The van der Waals surface area contributed by atoms with Gasteiger partial charge in [0.25, 0.3) is 10.0 Å². The minimum Gasteiger partial charge on any atom is -0.383 e. The standard InChI is InChI=1S/C12H14N4O2S/c1-8-5-6-10(9(2)15-8)16-19(17,18)11-4-3-7-14-12(11)13/h3-7,16H,1-2H3,(H2,13,14). The van der Waals surface area contributed by atoms with E-state index in [1.54, 1.807) is 19.1 Å². The molecule has 0 atom stereocenters. The van der Waals surface area contributed by atoms with Crippen LogP contribution in [0.2, 0.25) is 0 Å². The van der Waals surface area contributed by atoms with Crippen molar-refractivity contribution in [3.63, 3.8) is 0 Å². The smallest absolute Gasteiger partial charge is 0.265 e. The number of nitrogens with two attached hydrogens (primary N) is 1. The van der Waals surface area contributed by atoms with Gasteiger partial charge in [0.1, 0.15) is 10.7 Å². The molecule has 0 aliphatic heterocycles. The molecule has 0 fully saturated rings. The zero-order chi connectivity index (χ0) is 14.0. The first-order valence-corrected chi connectivity index (χ1v) is 7.06. The molecule has 2 aromatic heterocycles. The average molecular weight is 278 g/mol. The van der Waals surface area contributed by atoms with E-state index in [1.165, 1.54) is 18.3 Å². The van der Waals surface area contributed by atoms with Gasteiger partial charge in [-0.05, 0) is 38.1 Å². The second-order valence-electron chi connectivity index (χ2n) is 4.08. The molecule has 100 valence electrons. The van der Waals surface area contributed by atoms with E-state index in [2.05, 4.69) is 14.7 Å². The maximum absolute atomic E-state index is 12.2. The van der Waals surface area contributed by atoms with Crippen molar-refractivity contribution in [3.8, 4) is 0 Å². The van der Waals surface area contributed by atoms with Crippen LogP contribution in [0, 0.1) is 13.8 Å². The molecule has 7 heteroatoms. The first-order valence-electron chi connectivity index (χ1n) is 5.58. The van der Waals surface area contributed by atoms with Crippen LogP contribution in [0.15, 0.2) is 35.4 Å². The third kappa shape index (κ3) is 2.82. The van der Waals surface area contributed by atoms with Gasteiger partial charge in [0, 0.05) is 11.9 Å². The summed E-state index contributed by atoms with van der Waals surface area (Å²) in [5, 5.41) is 0. The van der Waals surface area contributed by atoms with Crippen LogP contribution in [0.5, 0.6) is 0 Å². The quantitative estimate of drug-likeness (QED) is 0.886. The Labute approximate surface area is 111 Å². The number of nitrogen functional groups attached to an aromatic ring is 1. The molecule has 0 spiro atoms. The van der Waals surface area contributed by atoms with Gasteiger partial charge in [-0.2, -0.15) is 0 Å². The molecular formula is C12H14N4O2S. The highest BCUT2D eigenvalue weighted by atomic mass is 32.2. The minimum absolute atomic E-state index is 0.0345. The van der Waals surface area contributed by atoms with Gasteiger partial charge in [0.2, 0.25) is 0 Å². The second-order valence-corrected chi connectivity index (χ2v) is 5.73. The van der Waals surface area contributed by atoms with E-state index in [9.17, 15) is 8.42 Å². The van der Waals surface area contributed by atoms with E-state index in [4.69, 9.17) is 5.73 Å². The molecule has 3 N–H and O–H groups in total. The van der Waals surface area contributed by atoms with E-state index >= 15 is 0 Å². The number of rotatable bonds is 3. The van der Waals surface area contributed by atoms with Crippen molar-refractivity contribution in [3.05, 3.63) is 41.9 Å². The van der Waals surface area contributed by atoms with Gasteiger partial charge in [-0.3, -0.25) is 9.71 Å². The molecule has 0 aliphatic rings. The molecule has 0 radical (unpaired) electrons. The van der Waals surface area contributed by atoms with Crippen molar-refractivity contribution < 1.29 is 8.42 Å². The highest BCUT2D eigenvalue weighted by molar-refractivity contribution is 7.92. The van der Waals surface area contributed by atoms with Crippen molar-refractivity contribution in [1.29, 1.82) is 0 Å². The lowest BCUT2D eigenvalue weighted by atomic mass is 10.3. The van der Waals surface area contributed by atoms with Crippen LogP contribution < -0.4 is 10.5 Å². The normalized spacial score (nSPS) is 11.3. The first kappa shape index (κ1) is 13.3. The van der Waals surface area contributed by atoms with Gasteiger partial charge in [-0.1, -0.05) is 0 Å². The Kier molecular flexibility index (Phi) is 3.39. The molecule has 0 amide bonds. The summed E-state index contributed by atoms with van der Waals surface area (Å²) < 4.78 is 26.9. The summed E-state index contributed by atoms with van der Waals surface area (Å²) in [6.07, 6.45) is 1.44. The lowest BCUT2D eigenvalue weighted by molar-refractivity contribution is 0.601. The fraction of sp³-hybridized carbons (Fsp3) is 0.167. The maximum atomic E-state index is 12.2. The van der Waals surface area contributed by atoms with Gasteiger partial charge < -0.3 is 5.73 Å². The molecule has 0 aliphatic carbocycles. The lowest BCUT2D eigenvalue weighted by Crippen LogP contribution is -2.16.